The van der Waals surface area contributed by atoms with Gasteiger partial charge in [0, 0.05) is 17.8 Å². The van der Waals surface area contributed by atoms with Crippen LogP contribution in [0.4, 0.5) is 5.69 Å². The molecule has 1 heterocycles. The van der Waals surface area contributed by atoms with Crippen LogP contribution in [0.3, 0.4) is 0 Å². The maximum Gasteiger partial charge on any atom is 0.251 e. The Morgan fingerprint density at radius 2 is 1.95 bits per heavy atom. The van der Waals surface area contributed by atoms with E-state index in [0.717, 1.165) is 29.8 Å². The summed E-state index contributed by atoms with van der Waals surface area (Å²) in [5.41, 5.74) is 5.46. The topological polar surface area (TPSA) is 41.1 Å². The lowest BCUT2D eigenvalue weighted by atomic mass is 10.0. The fraction of sp³-hybridized carbons (Fsp3) is 0.278. The first-order valence-electron chi connectivity index (χ1n) is 7.38. The summed E-state index contributed by atoms with van der Waals surface area (Å²) in [4.78, 5) is 12.4. The van der Waals surface area contributed by atoms with Crippen LogP contribution >= 0.6 is 0 Å². The van der Waals surface area contributed by atoms with Crippen LogP contribution in [0.5, 0.6) is 0 Å². The fourth-order valence-electron chi connectivity index (χ4n) is 2.66. The standard InChI is InChI=1S/C18H20N2O/c1-12-3-5-14(6-4-12)13(2)20-18(21)16-7-8-17-15(11-16)9-10-19-17/h3-8,11,13,19H,9-10H2,1-2H3,(H,20,21)/t13-/m1/s1. The van der Waals surface area contributed by atoms with Gasteiger partial charge in [-0.3, -0.25) is 4.79 Å². The normalized spacial score (nSPS) is 14.2. The Morgan fingerprint density at radius 3 is 2.71 bits per heavy atom. The molecule has 1 atom stereocenters. The van der Waals surface area contributed by atoms with Gasteiger partial charge < -0.3 is 10.6 Å². The molecule has 1 amide bonds. The minimum atomic E-state index is -0.0159. The molecule has 2 aromatic carbocycles. The number of carbonyl (C=O) groups is 1. The summed E-state index contributed by atoms with van der Waals surface area (Å²) in [6, 6.07) is 14.1. The average Bonchev–Trinajstić information content (AvgIpc) is 2.95. The third-order valence-electron chi connectivity index (χ3n) is 4.00. The summed E-state index contributed by atoms with van der Waals surface area (Å²) in [5.74, 6) is -0.0159. The summed E-state index contributed by atoms with van der Waals surface area (Å²) in [7, 11) is 0. The molecular weight excluding hydrogens is 260 g/mol. The summed E-state index contributed by atoms with van der Waals surface area (Å²) in [6.07, 6.45) is 0.990. The van der Waals surface area contributed by atoms with Gasteiger partial charge in [0.25, 0.3) is 5.91 Å². The molecule has 21 heavy (non-hydrogen) atoms. The first-order valence-corrected chi connectivity index (χ1v) is 7.38. The van der Waals surface area contributed by atoms with Crippen molar-refractivity contribution in [1.29, 1.82) is 0 Å². The maximum atomic E-state index is 12.4. The van der Waals surface area contributed by atoms with Gasteiger partial charge in [-0.05, 0) is 49.6 Å². The van der Waals surface area contributed by atoms with Crippen molar-refractivity contribution in [2.75, 3.05) is 11.9 Å². The second kappa shape index (κ2) is 5.60. The Labute approximate surface area is 125 Å². The Hall–Kier alpha value is -2.29. The average molecular weight is 280 g/mol. The van der Waals surface area contributed by atoms with E-state index >= 15 is 0 Å². The predicted molar refractivity (Wildman–Crippen MR) is 85.7 cm³/mol. The van der Waals surface area contributed by atoms with Crippen LogP contribution in [0.25, 0.3) is 0 Å². The number of fused-ring (bicyclic) bond motifs is 1. The van der Waals surface area contributed by atoms with Gasteiger partial charge in [-0.2, -0.15) is 0 Å². The van der Waals surface area contributed by atoms with Crippen LogP contribution in [0.1, 0.15) is 40.0 Å². The Kier molecular flexibility index (Phi) is 3.65. The first kappa shape index (κ1) is 13.7. The minimum Gasteiger partial charge on any atom is -0.384 e. The number of anilines is 1. The largest absolute Gasteiger partial charge is 0.384 e. The van der Waals surface area contributed by atoms with Gasteiger partial charge in [0.05, 0.1) is 6.04 Å². The van der Waals surface area contributed by atoms with E-state index in [0.29, 0.717) is 0 Å². The molecule has 0 saturated carbocycles. The van der Waals surface area contributed by atoms with Gasteiger partial charge in [0.2, 0.25) is 0 Å². The van der Waals surface area contributed by atoms with E-state index in [2.05, 4.69) is 41.8 Å². The fourth-order valence-corrected chi connectivity index (χ4v) is 2.66. The zero-order valence-corrected chi connectivity index (χ0v) is 12.4. The van der Waals surface area contributed by atoms with Gasteiger partial charge in [-0.25, -0.2) is 0 Å². The smallest absolute Gasteiger partial charge is 0.251 e. The van der Waals surface area contributed by atoms with Crippen molar-refractivity contribution in [2.24, 2.45) is 0 Å². The number of amides is 1. The second-order valence-corrected chi connectivity index (χ2v) is 5.65. The molecular formula is C18H20N2O. The lowest BCUT2D eigenvalue weighted by Crippen LogP contribution is -2.26. The van der Waals surface area contributed by atoms with Gasteiger partial charge >= 0.3 is 0 Å². The van der Waals surface area contributed by atoms with Crippen LogP contribution in [-0.4, -0.2) is 12.5 Å². The van der Waals surface area contributed by atoms with Gasteiger partial charge in [0.15, 0.2) is 0 Å². The highest BCUT2D eigenvalue weighted by Crippen LogP contribution is 2.23. The highest BCUT2D eigenvalue weighted by Gasteiger charge is 2.15. The van der Waals surface area contributed by atoms with E-state index in [9.17, 15) is 4.79 Å². The third-order valence-corrected chi connectivity index (χ3v) is 4.00. The summed E-state index contributed by atoms with van der Waals surface area (Å²) >= 11 is 0. The van der Waals surface area contributed by atoms with E-state index in [-0.39, 0.29) is 11.9 Å². The number of hydrogen-bond acceptors (Lipinski definition) is 2. The quantitative estimate of drug-likeness (QED) is 0.904. The molecule has 1 aliphatic heterocycles. The van der Waals surface area contributed by atoms with E-state index < -0.39 is 0 Å². The SMILES string of the molecule is Cc1ccc([C@@H](C)NC(=O)c2ccc3c(c2)CCN3)cc1. The molecule has 3 nitrogen and oxygen atoms in total. The van der Waals surface area contributed by atoms with Crippen LogP contribution in [0.15, 0.2) is 42.5 Å². The van der Waals surface area contributed by atoms with Crippen molar-refractivity contribution in [3.05, 3.63) is 64.7 Å². The number of nitrogens with one attached hydrogen (secondary N) is 2. The molecule has 0 spiro atoms. The van der Waals surface area contributed by atoms with Crippen molar-refractivity contribution in [3.8, 4) is 0 Å². The van der Waals surface area contributed by atoms with Crippen LogP contribution in [0, 0.1) is 6.92 Å². The Balaban J connectivity index is 1.72. The summed E-state index contributed by atoms with van der Waals surface area (Å²) in [6.45, 7) is 5.03. The molecule has 0 fully saturated rings. The van der Waals surface area contributed by atoms with Crippen molar-refractivity contribution in [2.45, 2.75) is 26.3 Å². The van der Waals surface area contributed by atoms with E-state index in [4.69, 9.17) is 0 Å². The van der Waals surface area contributed by atoms with Crippen molar-refractivity contribution in [3.63, 3.8) is 0 Å². The van der Waals surface area contributed by atoms with Crippen molar-refractivity contribution >= 4 is 11.6 Å². The molecule has 0 bridgehead atoms. The summed E-state index contributed by atoms with van der Waals surface area (Å²) < 4.78 is 0. The van der Waals surface area contributed by atoms with Crippen LogP contribution in [0.2, 0.25) is 0 Å². The van der Waals surface area contributed by atoms with Crippen LogP contribution < -0.4 is 10.6 Å². The highest BCUT2D eigenvalue weighted by molar-refractivity contribution is 5.95. The molecule has 0 saturated heterocycles. The molecule has 1 aliphatic rings. The van der Waals surface area contributed by atoms with E-state index in [1.165, 1.54) is 11.1 Å². The molecule has 2 N–H and O–H groups in total. The molecule has 0 unspecified atom stereocenters. The first-order chi connectivity index (χ1) is 10.1. The van der Waals surface area contributed by atoms with Gasteiger partial charge in [-0.15, -0.1) is 0 Å². The molecule has 0 radical (unpaired) electrons. The molecule has 0 aliphatic carbocycles. The monoisotopic (exact) mass is 280 g/mol. The molecule has 3 rings (SSSR count). The number of rotatable bonds is 3. The minimum absolute atomic E-state index is 0.00415. The zero-order valence-electron chi connectivity index (χ0n) is 12.4. The predicted octanol–water partition coefficient (Wildman–Crippen LogP) is 3.45. The summed E-state index contributed by atoms with van der Waals surface area (Å²) in [5, 5.41) is 6.37. The third kappa shape index (κ3) is 2.92. The van der Waals surface area contributed by atoms with Crippen LogP contribution in [-0.2, 0) is 6.42 Å². The Bertz CT molecular complexity index is 661. The van der Waals surface area contributed by atoms with Crippen molar-refractivity contribution < 1.29 is 4.79 Å². The van der Waals surface area contributed by atoms with E-state index in [1.807, 2.05) is 25.1 Å². The lowest BCUT2D eigenvalue weighted by molar-refractivity contribution is 0.0940. The number of aryl methyl sites for hydroxylation is 1. The van der Waals surface area contributed by atoms with Crippen molar-refractivity contribution in [1.82, 2.24) is 5.32 Å². The molecule has 108 valence electrons. The second-order valence-electron chi connectivity index (χ2n) is 5.65. The molecule has 3 heteroatoms. The van der Waals surface area contributed by atoms with E-state index in [1.54, 1.807) is 0 Å². The highest BCUT2D eigenvalue weighted by atomic mass is 16.1. The maximum absolute atomic E-state index is 12.4. The molecule has 0 aromatic heterocycles. The number of hydrogen-bond donors (Lipinski definition) is 2. The van der Waals surface area contributed by atoms with Gasteiger partial charge in [-0.1, -0.05) is 29.8 Å². The van der Waals surface area contributed by atoms with Gasteiger partial charge in [0.1, 0.15) is 0 Å². The lowest BCUT2D eigenvalue weighted by Gasteiger charge is -2.15. The number of carbonyl (C=O) groups excluding carboxylic acids is 1. The zero-order chi connectivity index (χ0) is 14.8. The number of benzene rings is 2. The molecule has 2 aromatic rings. The Morgan fingerprint density at radius 1 is 1.19 bits per heavy atom.